The second-order valence-electron chi connectivity index (χ2n) is 5.16. The number of halogens is 1. The van der Waals surface area contributed by atoms with Crippen LogP contribution in [-0.4, -0.2) is 26.1 Å². The molecule has 0 spiro atoms. The van der Waals surface area contributed by atoms with Crippen molar-refractivity contribution in [1.29, 1.82) is 0 Å². The SMILES string of the molecule is COc1ccc2c(c1OC)C(=O)O[C@H]2NNC(=O)c1ccc(F)cc1. The van der Waals surface area contributed by atoms with E-state index in [0.717, 1.165) is 0 Å². The summed E-state index contributed by atoms with van der Waals surface area (Å²) in [5.41, 5.74) is 6.05. The minimum Gasteiger partial charge on any atom is -0.493 e. The molecular weight excluding hydrogens is 331 g/mol. The van der Waals surface area contributed by atoms with Crippen LogP contribution in [0.5, 0.6) is 11.5 Å². The third-order valence-corrected chi connectivity index (χ3v) is 3.71. The lowest BCUT2D eigenvalue weighted by Gasteiger charge is -2.14. The molecule has 2 N–H and O–H groups in total. The van der Waals surface area contributed by atoms with Gasteiger partial charge >= 0.3 is 5.97 Å². The van der Waals surface area contributed by atoms with Gasteiger partial charge in [-0.15, -0.1) is 0 Å². The Labute approximate surface area is 142 Å². The topological polar surface area (TPSA) is 85.9 Å². The summed E-state index contributed by atoms with van der Waals surface area (Å²) in [4.78, 5) is 24.2. The van der Waals surface area contributed by atoms with E-state index in [1.54, 1.807) is 12.1 Å². The molecule has 0 saturated carbocycles. The fourth-order valence-corrected chi connectivity index (χ4v) is 2.51. The van der Waals surface area contributed by atoms with Gasteiger partial charge in [0, 0.05) is 11.1 Å². The van der Waals surface area contributed by atoms with Gasteiger partial charge in [0.2, 0.25) is 0 Å². The third-order valence-electron chi connectivity index (χ3n) is 3.71. The number of benzene rings is 2. The summed E-state index contributed by atoms with van der Waals surface area (Å²) >= 11 is 0. The average molecular weight is 346 g/mol. The van der Waals surface area contributed by atoms with Crippen molar-refractivity contribution >= 4 is 11.9 Å². The summed E-state index contributed by atoms with van der Waals surface area (Å²) in [6.07, 6.45) is -0.883. The molecule has 0 radical (unpaired) electrons. The minimum atomic E-state index is -0.883. The number of amides is 1. The van der Waals surface area contributed by atoms with Crippen LogP contribution in [0.4, 0.5) is 4.39 Å². The molecule has 2 aromatic rings. The Morgan fingerprint density at radius 1 is 1.12 bits per heavy atom. The fourth-order valence-electron chi connectivity index (χ4n) is 2.51. The number of rotatable bonds is 5. The van der Waals surface area contributed by atoms with E-state index in [0.29, 0.717) is 11.3 Å². The zero-order valence-electron chi connectivity index (χ0n) is 13.5. The lowest BCUT2D eigenvalue weighted by Crippen LogP contribution is -2.40. The van der Waals surface area contributed by atoms with Crippen LogP contribution in [0.15, 0.2) is 36.4 Å². The van der Waals surface area contributed by atoms with E-state index in [9.17, 15) is 14.0 Å². The van der Waals surface area contributed by atoms with Crippen LogP contribution in [-0.2, 0) is 4.74 Å². The molecule has 0 fully saturated rings. The van der Waals surface area contributed by atoms with Crippen molar-refractivity contribution in [3.05, 3.63) is 58.9 Å². The quantitative estimate of drug-likeness (QED) is 0.636. The lowest BCUT2D eigenvalue weighted by molar-refractivity contribution is 0.0260. The van der Waals surface area contributed by atoms with Gasteiger partial charge in [-0.1, -0.05) is 0 Å². The van der Waals surface area contributed by atoms with Gasteiger partial charge in [-0.2, -0.15) is 5.43 Å². The Morgan fingerprint density at radius 2 is 1.84 bits per heavy atom. The highest BCUT2D eigenvalue weighted by atomic mass is 19.1. The smallest absolute Gasteiger partial charge is 0.344 e. The van der Waals surface area contributed by atoms with Crippen LogP contribution in [0, 0.1) is 5.82 Å². The van der Waals surface area contributed by atoms with Gasteiger partial charge in [0.1, 0.15) is 11.4 Å². The summed E-state index contributed by atoms with van der Waals surface area (Å²) < 4.78 is 28.5. The predicted molar refractivity (Wildman–Crippen MR) is 84.7 cm³/mol. The van der Waals surface area contributed by atoms with E-state index in [1.165, 1.54) is 38.5 Å². The van der Waals surface area contributed by atoms with Crippen LogP contribution in [0.3, 0.4) is 0 Å². The van der Waals surface area contributed by atoms with E-state index < -0.39 is 23.9 Å². The highest BCUT2D eigenvalue weighted by Crippen LogP contribution is 2.40. The molecule has 3 rings (SSSR count). The summed E-state index contributed by atoms with van der Waals surface area (Å²) in [5.74, 6) is -0.873. The molecule has 0 saturated heterocycles. The zero-order valence-corrected chi connectivity index (χ0v) is 13.5. The lowest BCUT2D eigenvalue weighted by atomic mass is 10.1. The van der Waals surface area contributed by atoms with E-state index >= 15 is 0 Å². The highest BCUT2D eigenvalue weighted by molar-refractivity contribution is 5.98. The molecule has 1 amide bonds. The van der Waals surface area contributed by atoms with Gasteiger partial charge in [-0.25, -0.2) is 9.18 Å². The molecule has 0 aromatic heterocycles. The van der Waals surface area contributed by atoms with Crippen molar-refractivity contribution in [2.24, 2.45) is 0 Å². The monoisotopic (exact) mass is 346 g/mol. The number of hydrogen-bond donors (Lipinski definition) is 2. The van der Waals surface area contributed by atoms with Gasteiger partial charge in [0.25, 0.3) is 5.91 Å². The molecular formula is C17H15FN2O5. The first-order valence-corrected chi connectivity index (χ1v) is 7.32. The summed E-state index contributed by atoms with van der Waals surface area (Å²) in [7, 11) is 2.88. The number of hydrogen-bond acceptors (Lipinski definition) is 6. The number of methoxy groups -OCH3 is 2. The van der Waals surface area contributed by atoms with Crippen molar-refractivity contribution in [3.63, 3.8) is 0 Å². The molecule has 0 bridgehead atoms. The first-order valence-electron chi connectivity index (χ1n) is 7.32. The van der Waals surface area contributed by atoms with E-state index in [2.05, 4.69) is 10.9 Å². The Bertz CT molecular complexity index is 823. The standard InChI is InChI=1S/C17H15FN2O5/c1-23-12-8-7-11-13(14(12)24-2)17(22)25-16(11)20-19-15(21)9-3-5-10(18)6-4-9/h3-8,16,20H,1-2H3,(H,19,21)/t16-/m1/s1. The molecule has 1 heterocycles. The molecule has 7 nitrogen and oxygen atoms in total. The normalized spacial score (nSPS) is 15.3. The van der Waals surface area contributed by atoms with Crippen molar-refractivity contribution < 1.29 is 28.2 Å². The highest BCUT2D eigenvalue weighted by Gasteiger charge is 2.36. The van der Waals surface area contributed by atoms with Gasteiger partial charge in [-0.3, -0.25) is 10.2 Å². The zero-order chi connectivity index (χ0) is 18.0. The molecule has 130 valence electrons. The average Bonchev–Trinajstić information content (AvgIpc) is 2.95. The fraction of sp³-hybridized carbons (Fsp3) is 0.176. The first-order chi connectivity index (χ1) is 12.0. The number of fused-ring (bicyclic) bond motifs is 1. The van der Waals surface area contributed by atoms with Gasteiger partial charge in [0.15, 0.2) is 17.7 Å². The number of carbonyl (C=O) groups is 2. The Morgan fingerprint density at radius 3 is 2.48 bits per heavy atom. The molecule has 25 heavy (non-hydrogen) atoms. The van der Waals surface area contributed by atoms with Gasteiger partial charge < -0.3 is 14.2 Å². The minimum absolute atomic E-state index is 0.232. The second kappa shape index (κ2) is 6.78. The molecule has 0 unspecified atom stereocenters. The van der Waals surface area contributed by atoms with Crippen molar-refractivity contribution in [1.82, 2.24) is 10.9 Å². The second-order valence-corrected chi connectivity index (χ2v) is 5.16. The van der Waals surface area contributed by atoms with E-state index in [-0.39, 0.29) is 16.9 Å². The number of esters is 1. The number of cyclic esters (lactones) is 1. The molecule has 1 atom stereocenters. The largest absolute Gasteiger partial charge is 0.493 e. The first kappa shape index (κ1) is 16.7. The maximum atomic E-state index is 12.9. The molecule has 0 aliphatic carbocycles. The molecule has 2 aromatic carbocycles. The van der Waals surface area contributed by atoms with Crippen LogP contribution in [0.25, 0.3) is 0 Å². The van der Waals surface area contributed by atoms with Gasteiger partial charge in [0.05, 0.1) is 14.2 Å². The molecule has 1 aliphatic rings. The van der Waals surface area contributed by atoms with Crippen molar-refractivity contribution in [2.45, 2.75) is 6.23 Å². The third kappa shape index (κ3) is 3.11. The van der Waals surface area contributed by atoms with Crippen LogP contribution >= 0.6 is 0 Å². The number of nitrogens with one attached hydrogen (secondary N) is 2. The summed E-state index contributed by atoms with van der Waals surface area (Å²) in [6, 6.07) is 8.32. The van der Waals surface area contributed by atoms with Crippen LogP contribution in [0.1, 0.15) is 32.5 Å². The molecule has 1 aliphatic heterocycles. The van der Waals surface area contributed by atoms with Crippen molar-refractivity contribution in [2.75, 3.05) is 14.2 Å². The summed E-state index contributed by atoms with van der Waals surface area (Å²) in [5, 5.41) is 0. The van der Waals surface area contributed by atoms with E-state index in [4.69, 9.17) is 14.2 Å². The maximum absolute atomic E-state index is 12.9. The Hall–Kier alpha value is -3.13. The van der Waals surface area contributed by atoms with Crippen LogP contribution < -0.4 is 20.3 Å². The maximum Gasteiger partial charge on any atom is 0.344 e. The molecule has 8 heteroatoms. The van der Waals surface area contributed by atoms with Crippen LogP contribution in [0.2, 0.25) is 0 Å². The number of hydrazine groups is 1. The Balaban J connectivity index is 1.77. The van der Waals surface area contributed by atoms with E-state index in [1.807, 2.05) is 0 Å². The number of ether oxygens (including phenoxy) is 3. The number of carbonyl (C=O) groups excluding carboxylic acids is 2. The Kier molecular flexibility index (Phi) is 4.53. The summed E-state index contributed by atoms with van der Waals surface area (Å²) in [6.45, 7) is 0. The van der Waals surface area contributed by atoms with Gasteiger partial charge in [-0.05, 0) is 36.4 Å². The predicted octanol–water partition coefficient (Wildman–Crippen LogP) is 1.95. The van der Waals surface area contributed by atoms with Crippen molar-refractivity contribution in [3.8, 4) is 11.5 Å².